The Kier molecular flexibility index (Phi) is 5.60. The molecule has 1 aromatic heterocycles. The zero-order valence-electron chi connectivity index (χ0n) is 15.2. The van der Waals surface area contributed by atoms with E-state index < -0.39 is 11.7 Å². The molecule has 8 heteroatoms. The zero-order chi connectivity index (χ0) is 20.3. The van der Waals surface area contributed by atoms with Crippen molar-refractivity contribution in [3.05, 3.63) is 64.8 Å². The Morgan fingerprint density at radius 2 is 1.93 bits per heavy atom. The van der Waals surface area contributed by atoms with Gasteiger partial charge in [-0.1, -0.05) is 0 Å². The maximum absolute atomic E-state index is 13.4. The van der Waals surface area contributed by atoms with Crippen LogP contribution in [0.4, 0.5) is 10.1 Å². The summed E-state index contributed by atoms with van der Waals surface area (Å²) in [5.41, 5.74) is 10.1. The minimum absolute atomic E-state index is 0.130. The quantitative estimate of drug-likeness (QED) is 0.446. The number of benzene rings is 2. The number of aromatic hydroxyl groups is 1. The van der Waals surface area contributed by atoms with Gasteiger partial charge in [0.2, 0.25) is 0 Å². The number of carbonyl (C=O) groups is 1. The van der Waals surface area contributed by atoms with E-state index >= 15 is 0 Å². The van der Waals surface area contributed by atoms with E-state index in [-0.39, 0.29) is 17.0 Å². The Hall–Kier alpha value is -3.39. The molecule has 0 aliphatic rings. The Morgan fingerprint density at radius 1 is 1.21 bits per heavy atom. The van der Waals surface area contributed by atoms with Gasteiger partial charge in [-0.05, 0) is 61.0 Å². The lowest BCUT2D eigenvalue weighted by atomic mass is 10.1. The van der Waals surface area contributed by atoms with Crippen LogP contribution >= 0.6 is 11.3 Å². The fourth-order valence-electron chi connectivity index (χ4n) is 2.52. The van der Waals surface area contributed by atoms with Crippen LogP contribution < -0.4 is 15.9 Å². The molecular formula is C20H18FN3O3S. The van der Waals surface area contributed by atoms with Gasteiger partial charge in [-0.3, -0.25) is 4.79 Å². The molecule has 0 aliphatic heterocycles. The van der Waals surface area contributed by atoms with Crippen molar-refractivity contribution in [1.82, 2.24) is 5.43 Å². The van der Waals surface area contributed by atoms with Gasteiger partial charge in [-0.2, -0.15) is 5.10 Å². The lowest BCUT2D eigenvalue weighted by Crippen LogP contribution is -2.19. The Labute approximate surface area is 165 Å². The molecule has 3 rings (SSSR count). The van der Waals surface area contributed by atoms with Crippen LogP contribution in [0.15, 0.2) is 53.6 Å². The molecule has 1 amide bonds. The third-order valence-electron chi connectivity index (χ3n) is 4.02. The summed E-state index contributed by atoms with van der Waals surface area (Å²) >= 11 is 1.23. The Balaban J connectivity index is 1.79. The zero-order valence-corrected chi connectivity index (χ0v) is 16.0. The number of anilines is 1. The van der Waals surface area contributed by atoms with Crippen molar-refractivity contribution < 1.29 is 19.0 Å². The predicted molar refractivity (Wildman–Crippen MR) is 108 cm³/mol. The number of rotatable bonds is 5. The molecule has 144 valence electrons. The lowest BCUT2D eigenvalue weighted by Gasteiger charge is -2.05. The van der Waals surface area contributed by atoms with Gasteiger partial charge in [-0.15, -0.1) is 11.3 Å². The van der Waals surface area contributed by atoms with Gasteiger partial charge in [0.1, 0.15) is 22.2 Å². The van der Waals surface area contributed by atoms with Crippen LogP contribution in [0.3, 0.4) is 0 Å². The molecule has 2 aromatic carbocycles. The first-order valence-corrected chi connectivity index (χ1v) is 9.08. The molecule has 0 saturated heterocycles. The van der Waals surface area contributed by atoms with Crippen molar-refractivity contribution in [2.45, 2.75) is 6.92 Å². The first kappa shape index (κ1) is 19.4. The van der Waals surface area contributed by atoms with E-state index in [4.69, 9.17) is 10.5 Å². The summed E-state index contributed by atoms with van der Waals surface area (Å²) in [4.78, 5) is 13.6. The fraction of sp³-hybridized carbons (Fsp3) is 0.100. The monoisotopic (exact) mass is 399 g/mol. The summed E-state index contributed by atoms with van der Waals surface area (Å²) in [5.74, 6) is -0.399. The smallest absolute Gasteiger partial charge is 0.283 e. The fourth-order valence-corrected chi connectivity index (χ4v) is 3.50. The van der Waals surface area contributed by atoms with E-state index in [0.717, 1.165) is 28.3 Å². The second kappa shape index (κ2) is 8.10. The number of hydrogen-bond acceptors (Lipinski definition) is 6. The van der Waals surface area contributed by atoms with Gasteiger partial charge in [0.05, 0.1) is 18.5 Å². The van der Waals surface area contributed by atoms with Crippen molar-refractivity contribution >= 4 is 28.6 Å². The normalized spacial score (nSPS) is 11.3. The minimum atomic E-state index is -0.514. The van der Waals surface area contributed by atoms with E-state index in [1.807, 2.05) is 24.3 Å². The van der Waals surface area contributed by atoms with E-state index in [1.54, 1.807) is 20.1 Å². The number of nitrogens with one attached hydrogen (secondary N) is 1. The summed E-state index contributed by atoms with van der Waals surface area (Å²) in [7, 11) is 1.59. The Morgan fingerprint density at radius 3 is 2.61 bits per heavy atom. The number of phenolic OH excluding ortho intramolecular Hbond substituents is 1. The number of halogens is 1. The summed E-state index contributed by atoms with van der Waals surface area (Å²) in [5, 5.41) is 13.8. The molecule has 6 nitrogen and oxygen atoms in total. The predicted octanol–water partition coefficient (Wildman–Crippen LogP) is 4.00. The molecule has 0 saturated carbocycles. The highest BCUT2D eigenvalue weighted by Crippen LogP contribution is 2.34. The third kappa shape index (κ3) is 4.12. The highest BCUT2D eigenvalue weighted by Gasteiger charge is 2.16. The van der Waals surface area contributed by atoms with Gasteiger partial charge < -0.3 is 15.6 Å². The van der Waals surface area contributed by atoms with Gasteiger partial charge in [0.15, 0.2) is 0 Å². The molecule has 4 N–H and O–H groups in total. The van der Waals surface area contributed by atoms with Crippen LogP contribution in [-0.4, -0.2) is 23.8 Å². The van der Waals surface area contributed by atoms with E-state index in [1.165, 1.54) is 17.4 Å². The number of nitrogens with zero attached hydrogens (tertiary/aromatic N) is 1. The first-order valence-electron chi connectivity index (χ1n) is 8.26. The van der Waals surface area contributed by atoms with Crippen LogP contribution in [0, 0.1) is 5.82 Å². The minimum Gasteiger partial charge on any atom is -0.507 e. The molecule has 0 unspecified atom stereocenters. The number of amides is 1. The number of carbonyl (C=O) groups excluding carboxylic acids is 1. The maximum atomic E-state index is 13.4. The molecular weight excluding hydrogens is 381 g/mol. The van der Waals surface area contributed by atoms with Gasteiger partial charge in [-0.25, -0.2) is 9.82 Å². The molecule has 0 bridgehead atoms. The first-order chi connectivity index (χ1) is 13.4. The molecule has 0 spiro atoms. The van der Waals surface area contributed by atoms with Crippen LogP contribution in [-0.2, 0) is 0 Å². The number of methoxy groups -OCH3 is 1. The third-order valence-corrected chi connectivity index (χ3v) is 5.21. The number of thiophene rings is 1. The number of nitrogens with two attached hydrogens (primary N) is 1. The maximum Gasteiger partial charge on any atom is 0.283 e. The van der Waals surface area contributed by atoms with Crippen molar-refractivity contribution in [3.8, 4) is 21.9 Å². The van der Waals surface area contributed by atoms with Crippen LogP contribution in [0.1, 0.15) is 22.2 Å². The molecule has 28 heavy (non-hydrogen) atoms. The van der Waals surface area contributed by atoms with Crippen LogP contribution in [0.2, 0.25) is 0 Å². The average molecular weight is 399 g/mol. The topological polar surface area (TPSA) is 96.9 Å². The second-order valence-electron chi connectivity index (χ2n) is 5.92. The number of phenols is 1. The van der Waals surface area contributed by atoms with Gasteiger partial charge >= 0.3 is 0 Å². The summed E-state index contributed by atoms with van der Waals surface area (Å²) < 4.78 is 18.5. The van der Waals surface area contributed by atoms with Crippen LogP contribution in [0.25, 0.3) is 10.4 Å². The highest BCUT2D eigenvalue weighted by molar-refractivity contribution is 7.18. The number of nitrogen functional groups attached to an aromatic ring is 1. The lowest BCUT2D eigenvalue weighted by molar-refractivity contribution is 0.0959. The molecule has 0 atom stereocenters. The van der Waals surface area contributed by atoms with E-state index in [0.29, 0.717) is 10.6 Å². The van der Waals surface area contributed by atoms with Crippen molar-refractivity contribution in [2.24, 2.45) is 5.10 Å². The molecule has 0 fully saturated rings. The largest absolute Gasteiger partial charge is 0.507 e. The second-order valence-corrected chi connectivity index (χ2v) is 6.98. The standard InChI is InChI=1S/C20H18FN3O3S/c1-11(15-9-13(21)5-8-17(15)25)23-24-20(26)19-16(22)10-18(28-19)12-3-6-14(27-2)7-4-12/h3-10,25H,22H2,1-2H3,(H,24,26)/b23-11+. The van der Waals surface area contributed by atoms with Crippen molar-refractivity contribution in [3.63, 3.8) is 0 Å². The van der Waals surface area contributed by atoms with Crippen LogP contribution in [0.5, 0.6) is 11.5 Å². The number of hydrogen-bond donors (Lipinski definition) is 3. The van der Waals surface area contributed by atoms with E-state index in [9.17, 15) is 14.3 Å². The van der Waals surface area contributed by atoms with Crippen molar-refractivity contribution in [2.75, 3.05) is 12.8 Å². The average Bonchev–Trinajstić information content (AvgIpc) is 3.09. The summed E-state index contributed by atoms with van der Waals surface area (Å²) in [6.07, 6.45) is 0. The van der Waals surface area contributed by atoms with Crippen molar-refractivity contribution in [1.29, 1.82) is 0 Å². The number of hydrazone groups is 1. The Bertz CT molecular complexity index is 1050. The molecule has 1 heterocycles. The van der Waals surface area contributed by atoms with Gasteiger partial charge in [0.25, 0.3) is 5.91 Å². The summed E-state index contributed by atoms with van der Waals surface area (Å²) in [6, 6.07) is 12.6. The molecule has 3 aromatic rings. The van der Waals surface area contributed by atoms with Gasteiger partial charge in [0, 0.05) is 10.4 Å². The molecule has 0 radical (unpaired) electrons. The molecule has 0 aliphatic carbocycles. The summed E-state index contributed by atoms with van der Waals surface area (Å²) in [6.45, 7) is 1.55. The van der Waals surface area contributed by atoms with E-state index in [2.05, 4.69) is 10.5 Å². The number of ether oxygens (including phenoxy) is 1. The SMILES string of the molecule is COc1ccc(-c2cc(N)c(C(=O)N/N=C(\C)c3cc(F)ccc3O)s2)cc1. The highest BCUT2D eigenvalue weighted by atomic mass is 32.1.